The highest BCUT2D eigenvalue weighted by atomic mass is 16.7. The fraction of sp³-hybridized carbons (Fsp3) is 0.286. The zero-order valence-corrected chi connectivity index (χ0v) is 11.1. The summed E-state index contributed by atoms with van der Waals surface area (Å²) >= 11 is 0. The number of hydrogen-bond acceptors (Lipinski definition) is 4. The molecule has 6 nitrogen and oxygen atoms in total. The van der Waals surface area contributed by atoms with Crippen LogP contribution in [0.3, 0.4) is 0 Å². The second kappa shape index (κ2) is 5.24. The van der Waals surface area contributed by atoms with Crippen molar-refractivity contribution in [1.82, 2.24) is 10.2 Å². The Bertz CT molecular complexity index is 636. The molecule has 2 N–H and O–H groups in total. The number of ether oxygens (including phenoxy) is 2. The van der Waals surface area contributed by atoms with Crippen LogP contribution in [0.4, 0.5) is 5.82 Å². The molecular weight excluding hydrogens is 258 g/mol. The number of carbonyl (C=O) groups excluding carboxylic acids is 1. The summed E-state index contributed by atoms with van der Waals surface area (Å²) < 4.78 is 10.6. The minimum atomic E-state index is -0.0463. The van der Waals surface area contributed by atoms with E-state index in [1.54, 1.807) is 6.20 Å². The van der Waals surface area contributed by atoms with Gasteiger partial charge in [-0.15, -0.1) is 0 Å². The first-order chi connectivity index (χ1) is 9.72. The second-order valence-corrected chi connectivity index (χ2v) is 4.66. The molecular formula is C14H15N3O3. The van der Waals surface area contributed by atoms with Crippen molar-refractivity contribution in [1.29, 1.82) is 0 Å². The smallest absolute Gasteiger partial charge is 0.231 e. The lowest BCUT2D eigenvalue weighted by atomic mass is 10.1. The number of carbonyl (C=O) groups is 1. The molecule has 2 aromatic rings. The largest absolute Gasteiger partial charge is 0.454 e. The maximum Gasteiger partial charge on any atom is 0.231 e. The van der Waals surface area contributed by atoms with Gasteiger partial charge in [0.1, 0.15) is 5.82 Å². The number of aryl methyl sites for hydroxylation is 2. The predicted molar refractivity (Wildman–Crippen MR) is 72.8 cm³/mol. The minimum absolute atomic E-state index is 0.0463. The van der Waals surface area contributed by atoms with E-state index in [-0.39, 0.29) is 12.7 Å². The molecule has 1 amide bonds. The lowest BCUT2D eigenvalue weighted by molar-refractivity contribution is -0.116. The third kappa shape index (κ3) is 2.59. The first-order valence-corrected chi connectivity index (χ1v) is 6.41. The van der Waals surface area contributed by atoms with E-state index in [0.29, 0.717) is 18.7 Å². The summed E-state index contributed by atoms with van der Waals surface area (Å²) in [5.74, 6) is 2.11. The summed E-state index contributed by atoms with van der Waals surface area (Å²) in [4.78, 5) is 11.9. The zero-order valence-electron chi connectivity index (χ0n) is 11.1. The van der Waals surface area contributed by atoms with Gasteiger partial charge < -0.3 is 14.8 Å². The van der Waals surface area contributed by atoms with E-state index in [1.165, 1.54) is 0 Å². The van der Waals surface area contributed by atoms with Crippen LogP contribution in [0.15, 0.2) is 24.4 Å². The van der Waals surface area contributed by atoms with Gasteiger partial charge in [0.15, 0.2) is 11.5 Å². The van der Waals surface area contributed by atoms with Gasteiger partial charge in [0.05, 0.1) is 6.20 Å². The van der Waals surface area contributed by atoms with Gasteiger partial charge in [-0.05, 0) is 31.0 Å². The number of anilines is 1. The van der Waals surface area contributed by atoms with Gasteiger partial charge in [-0.1, -0.05) is 6.07 Å². The minimum Gasteiger partial charge on any atom is -0.454 e. The number of hydrogen-bond donors (Lipinski definition) is 2. The molecule has 6 heteroatoms. The Morgan fingerprint density at radius 2 is 2.25 bits per heavy atom. The van der Waals surface area contributed by atoms with Gasteiger partial charge >= 0.3 is 0 Å². The SMILES string of the molecule is Cc1cn[nH]c1NC(=O)CCc1ccc2c(c1)OCO2. The molecule has 0 fully saturated rings. The van der Waals surface area contributed by atoms with Gasteiger partial charge in [0.2, 0.25) is 12.7 Å². The molecule has 0 spiro atoms. The fourth-order valence-electron chi connectivity index (χ4n) is 2.03. The van der Waals surface area contributed by atoms with E-state index >= 15 is 0 Å². The van der Waals surface area contributed by atoms with Crippen molar-refractivity contribution in [2.75, 3.05) is 12.1 Å². The Morgan fingerprint density at radius 1 is 1.40 bits per heavy atom. The molecule has 2 heterocycles. The Labute approximate surface area is 116 Å². The van der Waals surface area contributed by atoms with Crippen molar-refractivity contribution in [2.45, 2.75) is 19.8 Å². The lowest BCUT2D eigenvalue weighted by Crippen LogP contribution is -2.13. The van der Waals surface area contributed by atoms with Crippen LogP contribution in [0.5, 0.6) is 11.5 Å². The number of rotatable bonds is 4. The maximum atomic E-state index is 11.9. The second-order valence-electron chi connectivity index (χ2n) is 4.66. The topological polar surface area (TPSA) is 76.2 Å². The van der Waals surface area contributed by atoms with E-state index in [4.69, 9.17) is 9.47 Å². The molecule has 0 atom stereocenters. The van der Waals surface area contributed by atoms with Gasteiger partial charge in [-0.25, -0.2) is 0 Å². The maximum absolute atomic E-state index is 11.9. The van der Waals surface area contributed by atoms with Crippen LogP contribution in [0.25, 0.3) is 0 Å². The quantitative estimate of drug-likeness (QED) is 0.893. The van der Waals surface area contributed by atoms with Gasteiger partial charge in [-0.3, -0.25) is 9.89 Å². The number of aromatic amines is 1. The summed E-state index contributed by atoms with van der Waals surface area (Å²) in [5, 5.41) is 9.41. The van der Waals surface area contributed by atoms with Gasteiger partial charge in [0, 0.05) is 12.0 Å². The zero-order chi connectivity index (χ0) is 13.9. The van der Waals surface area contributed by atoms with Gasteiger partial charge in [-0.2, -0.15) is 5.10 Å². The monoisotopic (exact) mass is 273 g/mol. The highest BCUT2D eigenvalue weighted by Gasteiger charge is 2.13. The Balaban J connectivity index is 1.57. The van der Waals surface area contributed by atoms with Crippen LogP contribution in [0.2, 0.25) is 0 Å². The molecule has 20 heavy (non-hydrogen) atoms. The van der Waals surface area contributed by atoms with Crippen LogP contribution in [-0.2, 0) is 11.2 Å². The number of benzene rings is 1. The average molecular weight is 273 g/mol. The van der Waals surface area contributed by atoms with Crippen LogP contribution in [-0.4, -0.2) is 22.9 Å². The molecule has 0 radical (unpaired) electrons. The van der Waals surface area contributed by atoms with Crippen molar-refractivity contribution in [2.24, 2.45) is 0 Å². The molecule has 0 aliphatic carbocycles. The number of H-pyrrole nitrogens is 1. The Morgan fingerprint density at radius 3 is 3.05 bits per heavy atom. The van der Waals surface area contributed by atoms with Gasteiger partial charge in [0.25, 0.3) is 0 Å². The van der Waals surface area contributed by atoms with E-state index in [0.717, 1.165) is 22.6 Å². The Hall–Kier alpha value is -2.50. The molecule has 104 valence electrons. The summed E-state index contributed by atoms with van der Waals surface area (Å²) in [6, 6.07) is 5.73. The van der Waals surface area contributed by atoms with Crippen molar-refractivity contribution < 1.29 is 14.3 Å². The normalized spacial score (nSPS) is 12.4. The predicted octanol–water partition coefficient (Wildman–Crippen LogP) is 2.02. The molecule has 1 aromatic carbocycles. The van der Waals surface area contributed by atoms with Crippen molar-refractivity contribution in [3.8, 4) is 11.5 Å². The summed E-state index contributed by atoms with van der Waals surface area (Å²) in [5.41, 5.74) is 1.96. The fourth-order valence-corrected chi connectivity index (χ4v) is 2.03. The summed E-state index contributed by atoms with van der Waals surface area (Å²) in [6.07, 6.45) is 2.72. The molecule has 1 aliphatic heterocycles. The lowest BCUT2D eigenvalue weighted by Gasteiger charge is -2.05. The summed E-state index contributed by atoms with van der Waals surface area (Å²) in [6.45, 7) is 2.15. The van der Waals surface area contributed by atoms with Crippen LogP contribution in [0, 0.1) is 6.92 Å². The molecule has 0 unspecified atom stereocenters. The molecule has 3 rings (SSSR count). The van der Waals surface area contributed by atoms with Crippen molar-refractivity contribution in [3.05, 3.63) is 35.5 Å². The molecule has 0 bridgehead atoms. The standard InChI is InChI=1S/C14H15N3O3/c1-9-7-15-17-14(9)16-13(18)5-3-10-2-4-11-12(6-10)20-8-19-11/h2,4,6-7H,3,5,8H2,1H3,(H2,15,16,17,18). The average Bonchev–Trinajstić information content (AvgIpc) is 3.05. The Kier molecular flexibility index (Phi) is 3.28. The van der Waals surface area contributed by atoms with Crippen molar-refractivity contribution >= 4 is 11.7 Å². The number of aromatic nitrogens is 2. The highest BCUT2D eigenvalue weighted by Crippen LogP contribution is 2.32. The van der Waals surface area contributed by atoms with Crippen LogP contribution in [0.1, 0.15) is 17.5 Å². The van der Waals surface area contributed by atoms with Crippen LogP contribution >= 0.6 is 0 Å². The van der Waals surface area contributed by atoms with E-state index < -0.39 is 0 Å². The number of nitrogens with zero attached hydrogens (tertiary/aromatic N) is 1. The van der Waals surface area contributed by atoms with E-state index in [2.05, 4.69) is 15.5 Å². The number of amides is 1. The van der Waals surface area contributed by atoms with Crippen LogP contribution < -0.4 is 14.8 Å². The molecule has 0 saturated heterocycles. The first kappa shape index (κ1) is 12.5. The number of fused-ring (bicyclic) bond motifs is 1. The third-order valence-corrected chi connectivity index (χ3v) is 3.17. The third-order valence-electron chi connectivity index (χ3n) is 3.17. The van der Waals surface area contributed by atoms with E-state index in [1.807, 2.05) is 25.1 Å². The van der Waals surface area contributed by atoms with Crippen molar-refractivity contribution in [3.63, 3.8) is 0 Å². The molecule has 1 aromatic heterocycles. The highest BCUT2D eigenvalue weighted by molar-refractivity contribution is 5.90. The number of nitrogens with one attached hydrogen (secondary N) is 2. The molecule has 1 aliphatic rings. The summed E-state index contributed by atoms with van der Waals surface area (Å²) in [7, 11) is 0. The van der Waals surface area contributed by atoms with E-state index in [9.17, 15) is 4.79 Å². The first-order valence-electron chi connectivity index (χ1n) is 6.41. The molecule has 0 saturated carbocycles.